The molecule has 2 amide bonds. The molecule has 1 aliphatic heterocycles. The zero-order valence-corrected chi connectivity index (χ0v) is 13.8. The number of esters is 1. The third kappa shape index (κ3) is 3.27. The van der Waals surface area contributed by atoms with Crippen molar-refractivity contribution in [1.29, 1.82) is 0 Å². The predicted octanol–water partition coefficient (Wildman–Crippen LogP) is 1.25. The van der Waals surface area contributed by atoms with E-state index >= 15 is 0 Å². The third-order valence-corrected chi connectivity index (χ3v) is 4.50. The van der Waals surface area contributed by atoms with E-state index in [0.29, 0.717) is 6.54 Å². The molecule has 1 aromatic rings. The third-order valence-electron chi connectivity index (χ3n) is 4.50. The van der Waals surface area contributed by atoms with E-state index in [2.05, 4.69) is 5.32 Å². The maximum atomic E-state index is 12.7. The van der Waals surface area contributed by atoms with E-state index in [1.54, 1.807) is 11.8 Å². The Hall–Kier alpha value is -2.37. The molecule has 6 heteroatoms. The van der Waals surface area contributed by atoms with Crippen molar-refractivity contribution in [3.63, 3.8) is 0 Å². The standard InChI is InChI=1S/C18H22N2O4/c1-2-24-17(23)18(16(22)19-14-8-9-14)10-15(21)20(12-18)11-13-6-4-3-5-7-13/h3-7,14H,2,8-12H2,1H3,(H,19,22). The van der Waals surface area contributed by atoms with Gasteiger partial charge in [0.15, 0.2) is 5.41 Å². The van der Waals surface area contributed by atoms with E-state index in [9.17, 15) is 14.4 Å². The summed E-state index contributed by atoms with van der Waals surface area (Å²) in [5.41, 5.74) is -0.460. The maximum absolute atomic E-state index is 12.7. The molecule has 1 atom stereocenters. The second-order valence-electron chi connectivity index (χ2n) is 6.46. The van der Waals surface area contributed by atoms with Gasteiger partial charge >= 0.3 is 5.97 Å². The Kier molecular flexibility index (Phi) is 4.55. The van der Waals surface area contributed by atoms with Gasteiger partial charge in [-0.15, -0.1) is 0 Å². The van der Waals surface area contributed by atoms with Crippen molar-refractivity contribution in [3.05, 3.63) is 35.9 Å². The summed E-state index contributed by atoms with van der Waals surface area (Å²) < 4.78 is 5.12. The van der Waals surface area contributed by atoms with Gasteiger partial charge in [-0.3, -0.25) is 14.4 Å². The SMILES string of the molecule is CCOC(=O)C1(C(=O)NC2CC2)CC(=O)N(Cc2ccccc2)C1. The van der Waals surface area contributed by atoms with Gasteiger partial charge in [0.2, 0.25) is 11.8 Å². The number of hydrogen-bond donors (Lipinski definition) is 1. The summed E-state index contributed by atoms with van der Waals surface area (Å²) >= 11 is 0. The number of carbonyl (C=O) groups excluding carboxylic acids is 3. The van der Waals surface area contributed by atoms with Crippen LogP contribution in [0, 0.1) is 5.41 Å². The molecule has 24 heavy (non-hydrogen) atoms. The van der Waals surface area contributed by atoms with E-state index in [1.807, 2.05) is 30.3 Å². The average Bonchev–Trinajstić information content (AvgIpc) is 3.32. The molecule has 1 saturated heterocycles. The highest BCUT2D eigenvalue weighted by Gasteiger charge is 2.56. The molecule has 0 radical (unpaired) electrons. The van der Waals surface area contributed by atoms with Gasteiger partial charge in [-0.2, -0.15) is 0 Å². The normalized spacial score (nSPS) is 23.2. The molecule has 3 rings (SSSR count). The van der Waals surface area contributed by atoms with Gasteiger partial charge in [0.25, 0.3) is 0 Å². The Bertz CT molecular complexity index is 642. The van der Waals surface area contributed by atoms with Crippen LogP contribution in [0.15, 0.2) is 30.3 Å². The molecule has 2 fully saturated rings. The lowest BCUT2D eigenvalue weighted by Crippen LogP contribution is -2.49. The smallest absolute Gasteiger partial charge is 0.324 e. The quantitative estimate of drug-likeness (QED) is 0.629. The molecule has 1 unspecified atom stereocenters. The zero-order valence-electron chi connectivity index (χ0n) is 13.8. The number of amides is 2. The summed E-state index contributed by atoms with van der Waals surface area (Å²) in [5, 5.41) is 2.86. The van der Waals surface area contributed by atoms with Gasteiger partial charge in [0.05, 0.1) is 13.0 Å². The molecule has 0 spiro atoms. The minimum Gasteiger partial charge on any atom is -0.465 e. The topological polar surface area (TPSA) is 75.7 Å². The summed E-state index contributed by atoms with van der Waals surface area (Å²) in [6, 6.07) is 9.66. The first-order valence-corrected chi connectivity index (χ1v) is 8.35. The van der Waals surface area contributed by atoms with Crippen LogP contribution < -0.4 is 5.32 Å². The van der Waals surface area contributed by atoms with Crippen LogP contribution in [0.25, 0.3) is 0 Å². The lowest BCUT2D eigenvalue weighted by molar-refractivity contribution is -0.160. The number of rotatable bonds is 6. The lowest BCUT2D eigenvalue weighted by atomic mass is 9.85. The molecule has 1 saturated carbocycles. The molecule has 1 N–H and O–H groups in total. The number of ether oxygens (including phenoxy) is 1. The van der Waals surface area contributed by atoms with E-state index in [0.717, 1.165) is 18.4 Å². The Balaban J connectivity index is 1.79. The van der Waals surface area contributed by atoms with Crippen molar-refractivity contribution in [2.75, 3.05) is 13.2 Å². The van der Waals surface area contributed by atoms with Crippen LogP contribution in [-0.4, -0.2) is 41.9 Å². The highest BCUT2D eigenvalue weighted by atomic mass is 16.5. The molecule has 1 aliphatic carbocycles. The second-order valence-corrected chi connectivity index (χ2v) is 6.46. The monoisotopic (exact) mass is 330 g/mol. The van der Waals surface area contributed by atoms with E-state index < -0.39 is 11.4 Å². The van der Waals surface area contributed by atoms with Crippen molar-refractivity contribution in [1.82, 2.24) is 10.2 Å². The summed E-state index contributed by atoms with van der Waals surface area (Å²) in [6.07, 6.45) is 1.72. The number of benzene rings is 1. The minimum atomic E-state index is -1.43. The van der Waals surface area contributed by atoms with Crippen molar-refractivity contribution in [2.24, 2.45) is 5.41 Å². The Morgan fingerprint density at radius 2 is 2.00 bits per heavy atom. The highest BCUT2D eigenvalue weighted by molar-refractivity contribution is 6.08. The van der Waals surface area contributed by atoms with Gasteiger partial charge in [0.1, 0.15) is 0 Å². The average molecular weight is 330 g/mol. The first-order valence-electron chi connectivity index (χ1n) is 8.35. The number of hydrogen-bond acceptors (Lipinski definition) is 4. The Morgan fingerprint density at radius 1 is 1.29 bits per heavy atom. The molecule has 128 valence electrons. The summed E-state index contributed by atoms with van der Waals surface area (Å²) in [5.74, 6) is -1.18. The van der Waals surface area contributed by atoms with Gasteiger partial charge in [0, 0.05) is 19.1 Å². The van der Waals surface area contributed by atoms with Crippen LogP contribution in [0.2, 0.25) is 0 Å². The van der Waals surface area contributed by atoms with Crippen LogP contribution >= 0.6 is 0 Å². The van der Waals surface area contributed by atoms with Gasteiger partial charge < -0.3 is 15.0 Å². The fourth-order valence-corrected chi connectivity index (χ4v) is 2.99. The van der Waals surface area contributed by atoms with Crippen LogP contribution in [0.1, 0.15) is 31.7 Å². The number of carbonyl (C=O) groups is 3. The second kappa shape index (κ2) is 6.63. The van der Waals surface area contributed by atoms with Gasteiger partial charge in [-0.25, -0.2) is 0 Å². The summed E-state index contributed by atoms with van der Waals surface area (Å²) in [6.45, 7) is 2.34. The molecular formula is C18H22N2O4. The summed E-state index contributed by atoms with van der Waals surface area (Å²) in [7, 11) is 0. The van der Waals surface area contributed by atoms with Crippen molar-refractivity contribution in [3.8, 4) is 0 Å². The Morgan fingerprint density at radius 3 is 2.62 bits per heavy atom. The molecular weight excluding hydrogens is 308 g/mol. The van der Waals surface area contributed by atoms with E-state index in [1.165, 1.54) is 0 Å². The molecule has 0 aromatic heterocycles. The number of nitrogens with one attached hydrogen (secondary N) is 1. The molecule has 2 aliphatic rings. The van der Waals surface area contributed by atoms with Gasteiger partial charge in [-0.05, 0) is 25.3 Å². The van der Waals surface area contributed by atoms with Gasteiger partial charge in [-0.1, -0.05) is 30.3 Å². The van der Waals surface area contributed by atoms with Crippen LogP contribution in [0.4, 0.5) is 0 Å². The van der Waals surface area contributed by atoms with Crippen molar-refractivity contribution < 1.29 is 19.1 Å². The first-order chi connectivity index (χ1) is 11.5. The molecule has 0 bridgehead atoms. The van der Waals surface area contributed by atoms with Crippen LogP contribution in [0.5, 0.6) is 0 Å². The zero-order chi connectivity index (χ0) is 17.2. The van der Waals surface area contributed by atoms with E-state index in [4.69, 9.17) is 4.74 Å². The number of nitrogens with zero attached hydrogens (tertiary/aromatic N) is 1. The van der Waals surface area contributed by atoms with Crippen molar-refractivity contribution >= 4 is 17.8 Å². The van der Waals surface area contributed by atoms with Crippen LogP contribution in [-0.2, 0) is 25.7 Å². The fraction of sp³-hybridized carbons (Fsp3) is 0.500. The number of likely N-dealkylation sites (tertiary alicyclic amines) is 1. The summed E-state index contributed by atoms with van der Waals surface area (Å²) in [4.78, 5) is 39.2. The molecule has 1 heterocycles. The molecule has 1 aromatic carbocycles. The molecule has 6 nitrogen and oxygen atoms in total. The van der Waals surface area contributed by atoms with Crippen molar-refractivity contribution in [2.45, 2.75) is 38.8 Å². The van der Waals surface area contributed by atoms with Crippen LogP contribution in [0.3, 0.4) is 0 Å². The minimum absolute atomic E-state index is 0.0676. The Labute approximate surface area is 141 Å². The van der Waals surface area contributed by atoms with E-state index in [-0.39, 0.29) is 37.4 Å². The maximum Gasteiger partial charge on any atom is 0.324 e. The lowest BCUT2D eigenvalue weighted by Gasteiger charge is -2.25. The highest BCUT2D eigenvalue weighted by Crippen LogP contribution is 2.35. The first kappa shape index (κ1) is 16.5. The largest absolute Gasteiger partial charge is 0.465 e. The predicted molar refractivity (Wildman–Crippen MR) is 86.7 cm³/mol. The fourth-order valence-electron chi connectivity index (χ4n) is 2.99.